The monoisotopic (exact) mass is 374 g/mol. The number of hydrogen-bond acceptors (Lipinski definition) is 3. The molecule has 1 aliphatic heterocycles. The summed E-state index contributed by atoms with van der Waals surface area (Å²) in [6, 6.07) is 17.1. The van der Waals surface area contributed by atoms with Gasteiger partial charge in [0.2, 0.25) is 0 Å². The highest BCUT2D eigenvalue weighted by Crippen LogP contribution is 2.31. The zero-order valence-electron chi connectivity index (χ0n) is 14.9. The first-order valence-corrected chi connectivity index (χ1v) is 8.61. The zero-order chi connectivity index (χ0) is 19.8. The Morgan fingerprint density at radius 1 is 0.893 bits per heavy atom. The van der Waals surface area contributed by atoms with Gasteiger partial charge < -0.3 is 5.32 Å². The summed E-state index contributed by atoms with van der Waals surface area (Å²) < 4.78 is 13.8. The van der Waals surface area contributed by atoms with Crippen molar-refractivity contribution in [2.75, 3.05) is 10.2 Å². The molecule has 0 spiro atoms. The number of nitrogens with one attached hydrogen (secondary N) is 1. The molecule has 3 amide bonds. The Morgan fingerprint density at radius 3 is 2.32 bits per heavy atom. The minimum Gasteiger partial charge on any atom is -0.319 e. The SMILES string of the molecule is Cc1ccccc1N1C(=O)c2ccc(C(=O)Nc3ccccc3F)cc2C1=O. The summed E-state index contributed by atoms with van der Waals surface area (Å²) in [4.78, 5) is 39.2. The van der Waals surface area contributed by atoms with Gasteiger partial charge in [-0.3, -0.25) is 14.4 Å². The number of fused-ring (bicyclic) bond motifs is 1. The minimum atomic E-state index is -0.567. The second-order valence-corrected chi connectivity index (χ2v) is 6.43. The van der Waals surface area contributed by atoms with Gasteiger partial charge in [-0.25, -0.2) is 9.29 Å². The Hall–Kier alpha value is -3.80. The zero-order valence-corrected chi connectivity index (χ0v) is 14.9. The average Bonchev–Trinajstić information content (AvgIpc) is 2.94. The number of para-hydroxylation sites is 2. The summed E-state index contributed by atoms with van der Waals surface area (Å²) in [7, 11) is 0. The van der Waals surface area contributed by atoms with E-state index in [1.807, 2.05) is 19.1 Å². The van der Waals surface area contributed by atoms with Crippen LogP contribution in [0.3, 0.4) is 0 Å². The van der Waals surface area contributed by atoms with E-state index < -0.39 is 23.5 Å². The fourth-order valence-electron chi connectivity index (χ4n) is 3.17. The maximum absolute atomic E-state index is 13.8. The van der Waals surface area contributed by atoms with Crippen molar-refractivity contribution < 1.29 is 18.8 Å². The number of carbonyl (C=O) groups excluding carboxylic acids is 3. The van der Waals surface area contributed by atoms with Crippen LogP contribution in [-0.4, -0.2) is 17.7 Å². The van der Waals surface area contributed by atoms with E-state index in [0.717, 1.165) is 10.5 Å². The molecule has 3 aromatic rings. The fourth-order valence-corrected chi connectivity index (χ4v) is 3.17. The van der Waals surface area contributed by atoms with E-state index in [0.29, 0.717) is 5.69 Å². The van der Waals surface area contributed by atoms with Crippen LogP contribution >= 0.6 is 0 Å². The van der Waals surface area contributed by atoms with Crippen molar-refractivity contribution in [3.05, 3.63) is 94.8 Å². The molecule has 6 heteroatoms. The lowest BCUT2D eigenvalue weighted by atomic mass is 10.1. The molecule has 0 aromatic heterocycles. The van der Waals surface area contributed by atoms with Crippen molar-refractivity contribution in [1.82, 2.24) is 0 Å². The number of anilines is 2. The first-order valence-electron chi connectivity index (χ1n) is 8.61. The molecule has 0 saturated heterocycles. The summed E-state index contributed by atoms with van der Waals surface area (Å²) in [5.74, 6) is -2.05. The van der Waals surface area contributed by atoms with Crippen LogP contribution in [0.1, 0.15) is 36.6 Å². The van der Waals surface area contributed by atoms with Gasteiger partial charge >= 0.3 is 0 Å². The second kappa shape index (κ2) is 6.74. The van der Waals surface area contributed by atoms with E-state index in [9.17, 15) is 18.8 Å². The molecule has 0 bridgehead atoms. The molecule has 0 aliphatic carbocycles. The molecule has 4 rings (SSSR count). The van der Waals surface area contributed by atoms with E-state index in [1.54, 1.807) is 18.2 Å². The molecule has 0 unspecified atom stereocenters. The van der Waals surface area contributed by atoms with Gasteiger partial charge in [0.15, 0.2) is 0 Å². The molecule has 0 saturated carbocycles. The van der Waals surface area contributed by atoms with Crippen LogP contribution in [0.4, 0.5) is 15.8 Å². The van der Waals surface area contributed by atoms with Crippen LogP contribution in [0.5, 0.6) is 0 Å². The third-order valence-corrected chi connectivity index (χ3v) is 4.63. The van der Waals surface area contributed by atoms with Crippen molar-refractivity contribution in [1.29, 1.82) is 0 Å². The number of halogens is 1. The summed E-state index contributed by atoms with van der Waals surface area (Å²) >= 11 is 0. The van der Waals surface area contributed by atoms with Gasteiger partial charge in [-0.05, 0) is 48.9 Å². The first kappa shape index (κ1) is 17.6. The summed E-state index contributed by atoms with van der Waals surface area (Å²) in [6.45, 7) is 1.81. The van der Waals surface area contributed by atoms with E-state index in [2.05, 4.69) is 5.32 Å². The van der Waals surface area contributed by atoms with E-state index in [-0.39, 0.29) is 22.4 Å². The Balaban J connectivity index is 1.67. The number of nitrogens with zero attached hydrogens (tertiary/aromatic N) is 1. The molecule has 3 aromatic carbocycles. The molecular weight excluding hydrogens is 359 g/mol. The molecule has 1 N–H and O–H groups in total. The van der Waals surface area contributed by atoms with E-state index in [4.69, 9.17) is 0 Å². The number of benzene rings is 3. The number of hydrogen-bond donors (Lipinski definition) is 1. The molecular formula is C22H15FN2O3. The maximum Gasteiger partial charge on any atom is 0.266 e. The van der Waals surface area contributed by atoms with Gasteiger partial charge in [0.05, 0.1) is 22.5 Å². The number of aryl methyl sites for hydroxylation is 1. The number of rotatable bonds is 3. The molecule has 138 valence electrons. The van der Waals surface area contributed by atoms with Gasteiger partial charge in [-0.15, -0.1) is 0 Å². The van der Waals surface area contributed by atoms with Crippen LogP contribution < -0.4 is 10.2 Å². The lowest BCUT2D eigenvalue weighted by Gasteiger charge is -2.16. The minimum absolute atomic E-state index is 0.0388. The van der Waals surface area contributed by atoms with Gasteiger partial charge in [0, 0.05) is 5.56 Å². The molecule has 1 aliphatic rings. The van der Waals surface area contributed by atoms with Crippen LogP contribution in [-0.2, 0) is 0 Å². The Labute approximate surface area is 160 Å². The summed E-state index contributed by atoms with van der Waals surface area (Å²) in [5.41, 5.74) is 1.87. The van der Waals surface area contributed by atoms with Crippen LogP contribution in [0.15, 0.2) is 66.7 Å². The second-order valence-electron chi connectivity index (χ2n) is 6.43. The topological polar surface area (TPSA) is 66.5 Å². The first-order chi connectivity index (χ1) is 13.5. The molecule has 5 nitrogen and oxygen atoms in total. The third kappa shape index (κ3) is 2.85. The van der Waals surface area contributed by atoms with Crippen molar-refractivity contribution in [3.8, 4) is 0 Å². The number of amides is 3. The predicted molar refractivity (Wildman–Crippen MR) is 103 cm³/mol. The Morgan fingerprint density at radius 2 is 1.57 bits per heavy atom. The third-order valence-electron chi connectivity index (χ3n) is 4.63. The standard InChI is InChI=1S/C22H15FN2O3/c1-13-6-2-5-9-19(13)25-21(27)15-11-10-14(12-16(15)22(25)28)20(26)24-18-8-4-3-7-17(18)23/h2-12H,1H3,(H,24,26). The van der Waals surface area contributed by atoms with Crippen molar-refractivity contribution in [2.24, 2.45) is 0 Å². The van der Waals surface area contributed by atoms with Crippen molar-refractivity contribution in [3.63, 3.8) is 0 Å². The average molecular weight is 374 g/mol. The highest BCUT2D eigenvalue weighted by atomic mass is 19.1. The largest absolute Gasteiger partial charge is 0.319 e. The van der Waals surface area contributed by atoms with Crippen molar-refractivity contribution >= 4 is 29.1 Å². The lowest BCUT2D eigenvalue weighted by molar-refractivity contribution is 0.0925. The molecule has 0 fully saturated rings. The highest BCUT2D eigenvalue weighted by molar-refractivity contribution is 6.35. The number of imide groups is 1. The van der Waals surface area contributed by atoms with E-state index >= 15 is 0 Å². The molecule has 1 heterocycles. The summed E-state index contributed by atoms with van der Waals surface area (Å²) in [5, 5.41) is 2.47. The molecule has 0 atom stereocenters. The lowest BCUT2D eigenvalue weighted by Crippen LogP contribution is -2.29. The molecule has 0 radical (unpaired) electrons. The Kier molecular flexibility index (Phi) is 4.24. The Bertz CT molecular complexity index is 1140. The van der Waals surface area contributed by atoms with Gasteiger partial charge in [-0.1, -0.05) is 30.3 Å². The van der Waals surface area contributed by atoms with E-state index in [1.165, 1.54) is 36.4 Å². The van der Waals surface area contributed by atoms with Gasteiger partial charge in [0.25, 0.3) is 17.7 Å². The highest BCUT2D eigenvalue weighted by Gasteiger charge is 2.37. The van der Waals surface area contributed by atoms with Gasteiger partial charge in [0.1, 0.15) is 5.82 Å². The fraction of sp³-hybridized carbons (Fsp3) is 0.0455. The smallest absolute Gasteiger partial charge is 0.266 e. The number of carbonyl (C=O) groups is 3. The van der Waals surface area contributed by atoms with Crippen LogP contribution in [0.2, 0.25) is 0 Å². The van der Waals surface area contributed by atoms with Gasteiger partial charge in [-0.2, -0.15) is 0 Å². The van der Waals surface area contributed by atoms with Crippen LogP contribution in [0.25, 0.3) is 0 Å². The molecule has 28 heavy (non-hydrogen) atoms. The quantitative estimate of drug-likeness (QED) is 0.699. The predicted octanol–water partition coefficient (Wildman–Crippen LogP) is 4.19. The van der Waals surface area contributed by atoms with Crippen molar-refractivity contribution in [2.45, 2.75) is 6.92 Å². The summed E-state index contributed by atoms with van der Waals surface area (Å²) in [6.07, 6.45) is 0. The van der Waals surface area contributed by atoms with Crippen LogP contribution in [0, 0.1) is 12.7 Å². The maximum atomic E-state index is 13.8. The normalized spacial score (nSPS) is 12.9.